The molecule has 0 aromatic heterocycles. The molecule has 7 heteroatoms. The van der Waals surface area contributed by atoms with Gasteiger partial charge in [0.05, 0.1) is 0 Å². The van der Waals surface area contributed by atoms with Crippen LogP contribution >= 0.6 is 40.7 Å². The van der Waals surface area contributed by atoms with Crippen molar-refractivity contribution in [3.05, 3.63) is 22.2 Å². The second-order valence-corrected chi connectivity index (χ2v) is 7.35. The highest BCUT2D eigenvalue weighted by atomic mass is 79.9. The van der Waals surface area contributed by atoms with Crippen LogP contribution in [0.25, 0.3) is 0 Å². The molecule has 0 amide bonds. The zero-order valence-electron chi connectivity index (χ0n) is 14.2. The Labute approximate surface area is 165 Å². The number of hydrogen-bond acceptors (Lipinski definition) is 4. The van der Waals surface area contributed by atoms with Gasteiger partial charge in [-0.05, 0) is 36.5 Å². The number of ether oxygens (including phenoxy) is 2. The van der Waals surface area contributed by atoms with E-state index < -0.39 is 0 Å². The number of nitrogens with one attached hydrogen (secondary N) is 1. The van der Waals surface area contributed by atoms with E-state index in [1.54, 1.807) is 0 Å². The predicted molar refractivity (Wildman–Crippen MR) is 106 cm³/mol. The van der Waals surface area contributed by atoms with Crippen molar-refractivity contribution in [2.45, 2.75) is 32.7 Å². The Morgan fingerprint density at radius 3 is 2.33 bits per heavy atom. The minimum absolute atomic E-state index is 0. The molecule has 0 saturated carbocycles. The zero-order valence-corrected chi connectivity index (χ0v) is 17.4. The molecular weight excluding hydrogens is 415 g/mol. The molecule has 0 spiro atoms. The molecule has 2 aliphatic rings. The molecule has 1 aromatic rings. The minimum atomic E-state index is 0. The smallest absolute Gasteiger partial charge is 0.231 e. The molecule has 2 aliphatic heterocycles. The maximum atomic E-state index is 5.58. The lowest BCUT2D eigenvalue weighted by molar-refractivity contribution is 0.158. The molecule has 2 heterocycles. The van der Waals surface area contributed by atoms with Gasteiger partial charge in [-0.3, -0.25) is 4.90 Å². The van der Waals surface area contributed by atoms with Crippen LogP contribution in [0.4, 0.5) is 0 Å². The van der Waals surface area contributed by atoms with Crippen LogP contribution in [0.1, 0.15) is 38.3 Å². The van der Waals surface area contributed by atoms with Crippen LogP contribution < -0.4 is 14.8 Å². The molecule has 1 N–H and O–H groups in total. The molecule has 0 radical (unpaired) electrons. The number of rotatable bonds is 5. The quantitative estimate of drug-likeness (QED) is 0.733. The highest BCUT2D eigenvalue weighted by Gasteiger charge is 2.26. The Bertz CT molecular complexity index is 526. The van der Waals surface area contributed by atoms with Gasteiger partial charge in [-0.25, -0.2) is 0 Å². The first-order valence-corrected chi connectivity index (χ1v) is 8.98. The van der Waals surface area contributed by atoms with Gasteiger partial charge >= 0.3 is 0 Å². The monoisotopic (exact) mass is 440 g/mol. The molecule has 138 valence electrons. The van der Waals surface area contributed by atoms with E-state index in [1.807, 2.05) is 0 Å². The highest BCUT2D eigenvalue weighted by molar-refractivity contribution is 9.10. The van der Waals surface area contributed by atoms with Crippen molar-refractivity contribution in [3.8, 4) is 11.5 Å². The first kappa shape index (κ1) is 21.8. The third kappa shape index (κ3) is 5.15. The summed E-state index contributed by atoms with van der Waals surface area (Å²) >= 11 is 3.75. The minimum Gasteiger partial charge on any atom is -0.454 e. The Balaban J connectivity index is 0.00000144. The second-order valence-electron chi connectivity index (χ2n) is 6.50. The van der Waals surface area contributed by atoms with E-state index in [4.69, 9.17) is 9.47 Å². The lowest BCUT2D eigenvalue weighted by Gasteiger charge is -2.36. The van der Waals surface area contributed by atoms with Crippen LogP contribution in [0.2, 0.25) is 0 Å². The number of hydrogen-bond donors (Lipinski definition) is 1. The summed E-state index contributed by atoms with van der Waals surface area (Å²) in [5.41, 5.74) is 1.33. The summed E-state index contributed by atoms with van der Waals surface area (Å²) in [6.45, 7) is 9.26. The van der Waals surface area contributed by atoms with E-state index in [1.165, 1.54) is 18.4 Å². The topological polar surface area (TPSA) is 33.7 Å². The normalized spacial score (nSPS) is 18.0. The average Bonchev–Trinajstić information content (AvgIpc) is 2.95. The maximum Gasteiger partial charge on any atom is 0.231 e. The Kier molecular flexibility index (Phi) is 9.17. The van der Waals surface area contributed by atoms with Crippen molar-refractivity contribution in [1.29, 1.82) is 0 Å². The fourth-order valence-electron chi connectivity index (χ4n) is 3.21. The largest absolute Gasteiger partial charge is 0.454 e. The summed E-state index contributed by atoms with van der Waals surface area (Å²) in [5.74, 6) is 2.44. The van der Waals surface area contributed by atoms with Crippen LogP contribution in [-0.4, -0.2) is 37.9 Å². The van der Waals surface area contributed by atoms with Gasteiger partial charge in [0.1, 0.15) is 0 Å². The van der Waals surface area contributed by atoms with Crippen LogP contribution in [-0.2, 0) is 0 Å². The van der Waals surface area contributed by atoms with Gasteiger partial charge in [-0.15, -0.1) is 24.8 Å². The molecule has 0 bridgehead atoms. The number of fused-ring (bicyclic) bond motifs is 1. The molecule has 3 rings (SSSR count). The van der Waals surface area contributed by atoms with Crippen molar-refractivity contribution < 1.29 is 9.47 Å². The number of nitrogens with zero attached hydrogens (tertiary/aromatic N) is 1. The Morgan fingerprint density at radius 2 is 1.71 bits per heavy atom. The van der Waals surface area contributed by atoms with Crippen LogP contribution in [0.5, 0.6) is 11.5 Å². The van der Waals surface area contributed by atoms with Gasteiger partial charge in [0.15, 0.2) is 11.5 Å². The van der Waals surface area contributed by atoms with Gasteiger partial charge in [-0.2, -0.15) is 0 Å². The molecule has 1 fully saturated rings. The van der Waals surface area contributed by atoms with Gasteiger partial charge < -0.3 is 14.8 Å². The lowest BCUT2D eigenvalue weighted by Crippen LogP contribution is -2.45. The van der Waals surface area contributed by atoms with Crippen LogP contribution in [0.15, 0.2) is 16.6 Å². The number of piperazine rings is 1. The fourth-order valence-corrected chi connectivity index (χ4v) is 3.79. The summed E-state index contributed by atoms with van der Waals surface area (Å²) in [4.78, 5) is 2.60. The summed E-state index contributed by atoms with van der Waals surface area (Å²) < 4.78 is 12.2. The van der Waals surface area contributed by atoms with E-state index in [-0.39, 0.29) is 24.8 Å². The fraction of sp³-hybridized carbons (Fsp3) is 0.647. The van der Waals surface area contributed by atoms with E-state index in [2.05, 4.69) is 52.1 Å². The second kappa shape index (κ2) is 10.1. The van der Waals surface area contributed by atoms with E-state index >= 15 is 0 Å². The van der Waals surface area contributed by atoms with Crippen molar-refractivity contribution in [2.24, 2.45) is 5.92 Å². The Hall–Kier alpha value is -0.200. The van der Waals surface area contributed by atoms with Crippen molar-refractivity contribution >= 4 is 40.7 Å². The van der Waals surface area contributed by atoms with E-state index in [9.17, 15) is 0 Å². The average molecular weight is 442 g/mol. The predicted octanol–water partition coefficient (Wildman–Crippen LogP) is 4.40. The summed E-state index contributed by atoms with van der Waals surface area (Å²) in [6.07, 6.45) is 2.41. The van der Waals surface area contributed by atoms with E-state index in [0.29, 0.717) is 12.8 Å². The molecule has 0 unspecified atom stereocenters. The first-order chi connectivity index (χ1) is 10.6. The van der Waals surface area contributed by atoms with Crippen molar-refractivity contribution in [2.75, 3.05) is 33.0 Å². The molecule has 1 atom stereocenters. The molecular formula is C17H27BrCl2N2O2. The Morgan fingerprint density at radius 1 is 1.08 bits per heavy atom. The van der Waals surface area contributed by atoms with Gasteiger partial charge in [0, 0.05) is 36.7 Å². The van der Waals surface area contributed by atoms with Crippen LogP contribution in [0, 0.1) is 5.92 Å². The standard InChI is InChI=1S/C17H25BrN2O2.2ClH/c1-12(2)3-4-15(20-7-5-19-6-8-20)13-9-16-17(10-14(13)18)22-11-21-16;;/h9-10,12,15,19H,3-8,11H2,1-2H3;2*1H/t15-;;/m1../s1. The van der Waals surface area contributed by atoms with Gasteiger partial charge in [0.2, 0.25) is 6.79 Å². The lowest BCUT2D eigenvalue weighted by atomic mass is 9.95. The summed E-state index contributed by atoms with van der Waals surface area (Å²) in [6, 6.07) is 4.66. The van der Waals surface area contributed by atoms with Gasteiger partial charge in [0.25, 0.3) is 0 Å². The highest BCUT2D eigenvalue weighted by Crippen LogP contribution is 2.41. The van der Waals surface area contributed by atoms with Crippen molar-refractivity contribution in [1.82, 2.24) is 10.2 Å². The third-order valence-corrected chi connectivity index (χ3v) is 5.15. The van der Waals surface area contributed by atoms with E-state index in [0.717, 1.165) is 48.1 Å². The van der Waals surface area contributed by atoms with Gasteiger partial charge in [-0.1, -0.05) is 29.8 Å². The molecule has 4 nitrogen and oxygen atoms in total. The van der Waals surface area contributed by atoms with Crippen LogP contribution in [0.3, 0.4) is 0 Å². The molecule has 24 heavy (non-hydrogen) atoms. The molecule has 0 aliphatic carbocycles. The summed E-state index contributed by atoms with van der Waals surface area (Å²) in [5, 5.41) is 3.44. The first-order valence-electron chi connectivity index (χ1n) is 8.19. The summed E-state index contributed by atoms with van der Waals surface area (Å²) in [7, 11) is 0. The zero-order chi connectivity index (χ0) is 15.5. The maximum absolute atomic E-state index is 5.58. The third-order valence-electron chi connectivity index (χ3n) is 4.46. The number of halogens is 3. The SMILES string of the molecule is CC(C)CC[C@H](c1cc2c(cc1Br)OCO2)N1CCNCC1.Cl.Cl. The molecule has 1 saturated heterocycles. The molecule has 1 aromatic carbocycles. The van der Waals surface area contributed by atoms with Crippen molar-refractivity contribution in [3.63, 3.8) is 0 Å². The number of benzene rings is 1.